The quantitative estimate of drug-likeness (QED) is 0.651. The lowest BCUT2D eigenvalue weighted by molar-refractivity contribution is 0.0759. The number of piperazine rings is 1. The second kappa shape index (κ2) is 9.84. The molecule has 0 amide bonds. The molecule has 0 saturated carbocycles. The summed E-state index contributed by atoms with van der Waals surface area (Å²) in [5, 5.41) is 0. The van der Waals surface area contributed by atoms with Gasteiger partial charge in [0.05, 0.1) is 6.04 Å². The predicted octanol–water partition coefficient (Wildman–Crippen LogP) is 4.48. The van der Waals surface area contributed by atoms with E-state index in [0.717, 1.165) is 39.1 Å². The smallest absolute Gasteiger partial charge is 0.0602 e. The fourth-order valence-electron chi connectivity index (χ4n) is 4.59. The Kier molecular flexibility index (Phi) is 6.73. The van der Waals surface area contributed by atoms with Crippen LogP contribution in [0.2, 0.25) is 0 Å². The largest absolute Gasteiger partial charge is 0.330 e. The summed E-state index contributed by atoms with van der Waals surface area (Å²) in [5.74, 6) is 0. The highest BCUT2D eigenvalue weighted by Gasteiger charge is 2.29. The molecule has 150 valence electrons. The van der Waals surface area contributed by atoms with Crippen molar-refractivity contribution in [3.05, 3.63) is 108 Å². The summed E-state index contributed by atoms with van der Waals surface area (Å²) < 4.78 is 0. The number of rotatable bonds is 7. The first kappa shape index (κ1) is 19.8. The van der Waals surface area contributed by atoms with Gasteiger partial charge in [0.25, 0.3) is 0 Å². The van der Waals surface area contributed by atoms with Gasteiger partial charge in [-0.25, -0.2) is 0 Å². The minimum atomic E-state index is 0.309. The van der Waals surface area contributed by atoms with Crippen LogP contribution >= 0.6 is 0 Å². The van der Waals surface area contributed by atoms with Gasteiger partial charge in [-0.3, -0.25) is 9.80 Å². The van der Waals surface area contributed by atoms with Crippen LogP contribution in [0.1, 0.15) is 35.2 Å². The number of benzene rings is 3. The van der Waals surface area contributed by atoms with Gasteiger partial charge in [0.2, 0.25) is 0 Å². The molecule has 4 rings (SSSR count). The lowest BCUT2D eigenvalue weighted by Crippen LogP contribution is -2.49. The molecule has 29 heavy (non-hydrogen) atoms. The molecule has 1 fully saturated rings. The molecule has 3 aromatic carbocycles. The molecular formula is C26H31N3. The van der Waals surface area contributed by atoms with Crippen LogP contribution in [0.5, 0.6) is 0 Å². The molecule has 1 aliphatic rings. The summed E-state index contributed by atoms with van der Waals surface area (Å²) in [7, 11) is 0. The zero-order valence-corrected chi connectivity index (χ0v) is 17.0. The van der Waals surface area contributed by atoms with E-state index in [1.165, 1.54) is 16.7 Å². The highest BCUT2D eigenvalue weighted by atomic mass is 15.3. The Hall–Kier alpha value is -2.46. The Bertz CT molecular complexity index is 803. The molecule has 0 radical (unpaired) electrons. The van der Waals surface area contributed by atoms with Crippen molar-refractivity contribution in [3.8, 4) is 0 Å². The fraction of sp³-hybridized carbons (Fsp3) is 0.308. The van der Waals surface area contributed by atoms with Gasteiger partial charge in [-0.2, -0.15) is 0 Å². The maximum absolute atomic E-state index is 5.96. The second-order valence-electron chi connectivity index (χ2n) is 7.80. The molecule has 1 saturated heterocycles. The van der Waals surface area contributed by atoms with Crippen molar-refractivity contribution in [2.45, 2.75) is 18.5 Å². The van der Waals surface area contributed by atoms with Gasteiger partial charge >= 0.3 is 0 Å². The number of nitrogens with two attached hydrogens (primary N) is 1. The van der Waals surface area contributed by atoms with Crippen LogP contribution < -0.4 is 5.73 Å². The van der Waals surface area contributed by atoms with Crippen LogP contribution in [0.25, 0.3) is 0 Å². The summed E-state index contributed by atoms with van der Waals surface area (Å²) in [6, 6.07) is 33.4. The minimum absolute atomic E-state index is 0.309. The van der Waals surface area contributed by atoms with E-state index in [4.69, 9.17) is 5.73 Å². The molecule has 2 N–H and O–H groups in total. The Morgan fingerprint density at radius 3 is 1.45 bits per heavy atom. The fourth-order valence-corrected chi connectivity index (χ4v) is 4.59. The second-order valence-corrected chi connectivity index (χ2v) is 7.80. The molecule has 1 atom stereocenters. The van der Waals surface area contributed by atoms with Crippen LogP contribution in [0, 0.1) is 0 Å². The first-order chi connectivity index (χ1) is 14.4. The lowest BCUT2D eigenvalue weighted by atomic mass is 9.95. The third-order valence-corrected chi connectivity index (χ3v) is 6.01. The Labute approximate surface area is 174 Å². The number of nitrogens with zero attached hydrogens (tertiary/aromatic N) is 2. The van der Waals surface area contributed by atoms with Crippen molar-refractivity contribution in [2.75, 3.05) is 32.7 Å². The third kappa shape index (κ3) is 4.76. The van der Waals surface area contributed by atoms with Gasteiger partial charge in [0, 0.05) is 32.2 Å². The summed E-state index contributed by atoms with van der Waals surface area (Å²) in [5.41, 5.74) is 10.1. The van der Waals surface area contributed by atoms with E-state index in [0.29, 0.717) is 12.1 Å². The van der Waals surface area contributed by atoms with Crippen LogP contribution in [-0.4, -0.2) is 42.5 Å². The Morgan fingerprint density at radius 2 is 1.00 bits per heavy atom. The van der Waals surface area contributed by atoms with E-state index < -0.39 is 0 Å². The maximum atomic E-state index is 5.96. The molecular weight excluding hydrogens is 354 g/mol. The summed E-state index contributed by atoms with van der Waals surface area (Å²) in [6.45, 7) is 4.96. The van der Waals surface area contributed by atoms with Crippen molar-refractivity contribution in [1.82, 2.24) is 9.80 Å². The predicted molar refractivity (Wildman–Crippen MR) is 121 cm³/mol. The zero-order valence-electron chi connectivity index (χ0n) is 17.0. The van der Waals surface area contributed by atoms with Crippen LogP contribution in [0.3, 0.4) is 0 Å². The standard InChI is InChI=1S/C26H31N3/c27-17-16-25(22-10-4-1-5-11-22)28-18-20-29(21-19-28)26(23-12-6-2-7-13-23)24-14-8-3-9-15-24/h1-15,25-26H,16-21,27H2. The molecule has 0 aromatic heterocycles. The first-order valence-electron chi connectivity index (χ1n) is 10.7. The molecule has 3 heteroatoms. The van der Waals surface area contributed by atoms with Gasteiger partial charge in [-0.1, -0.05) is 91.0 Å². The molecule has 0 aliphatic carbocycles. The maximum Gasteiger partial charge on any atom is 0.0602 e. The summed E-state index contributed by atoms with van der Waals surface area (Å²) >= 11 is 0. The summed E-state index contributed by atoms with van der Waals surface area (Å²) in [6.07, 6.45) is 1.00. The molecule has 1 heterocycles. The normalized spacial score (nSPS) is 16.8. The first-order valence-corrected chi connectivity index (χ1v) is 10.7. The topological polar surface area (TPSA) is 32.5 Å². The van der Waals surface area contributed by atoms with Gasteiger partial charge < -0.3 is 5.73 Å². The molecule has 0 spiro atoms. The molecule has 3 aromatic rings. The third-order valence-electron chi connectivity index (χ3n) is 6.01. The summed E-state index contributed by atoms with van der Waals surface area (Å²) in [4.78, 5) is 5.25. The van der Waals surface area contributed by atoms with Crippen molar-refractivity contribution in [3.63, 3.8) is 0 Å². The Balaban J connectivity index is 1.52. The van der Waals surface area contributed by atoms with Crippen molar-refractivity contribution in [2.24, 2.45) is 5.73 Å². The highest BCUT2D eigenvalue weighted by molar-refractivity contribution is 5.32. The monoisotopic (exact) mass is 385 g/mol. The highest BCUT2D eigenvalue weighted by Crippen LogP contribution is 2.31. The molecule has 1 aliphatic heterocycles. The van der Waals surface area contributed by atoms with E-state index in [1.54, 1.807) is 0 Å². The minimum Gasteiger partial charge on any atom is -0.330 e. The van der Waals surface area contributed by atoms with Crippen LogP contribution in [0.4, 0.5) is 0 Å². The van der Waals surface area contributed by atoms with Gasteiger partial charge in [0.15, 0.2) is 0 Å². The van der Waals surface area contributed by atoms with Gasteiger partial charge in [-0.15, -0.1) is 0 Å². The van der Waals surface area contributed by atoms with Gasteiger partial charge in [0.1, 0.15) is 0 Å². The van der Waals surface area contributed by atoms with E-state index >= 15 is 0 Å². The Morgan fingerprint density at radius 1 is 0.586 bits per heavy atom. The van der Waals surface area contributed by atoms with E-state index in [1.807, 2.05) is 0 Å². The van der Waals surface area contributed by atoms with Crippen molar-refractivity contribution >= 4 is 0 Å². The SMILES string of the molecule is NCCC(c1ccccc1)N1CCN(C(c2ccccc2)c2ccccc2)CC1. The van der Waals surface area contributed by atoms with Crippen molar-refractivity contribution in [1.29, 1.82) is 0 Å². The van der Waals surface area contributed by atoms with E-state index in [9.17, 15) is 0 Å². The molecule has 1 unspecified atom stereocenters. The zero-order chi connectivity index (χ0) is 19.9. The van der Waals surface area contributed by atoms with Gasteiger partial charge in [-0.05, 0) is 29.7 Å². The molecule has 3 nitrogen and oxygen atoms in total. The average Bonchev–Trinajstić information content (AvgIpc) is 2.80. The number of hydrogen-bond acceptors (Lipinski definition) is 3. The van der Waals surface area contributed by atoms with Crippen molar-refractivity contribution < 1.29 is 0 Å². The van der Waals surface area contributed by atoms with E-state index in [-0.39, 0.29) is 0 Å². The average molecular weight is 386 g/mol. The van der Waals surface area contributed by atoms with Crippen LogP contribution in [0.15, 0.2) is 91.0 Å². The van der Waals surface area contributed by atoms with E-state index in [2.05, 4.69) is 101 Å². The lowest BCUT2D eigenvalue weighted by Gasteiger charge is -2.43. The number of hydrogen-bond donors (Lipinski definition) is 1. The van der Waals surface area contributed by atoms with Crippen LogP contribution in [-0.2, 0) is 0 Å². The molecule has 0 bridgehead atoms.